The van der Waals surface area contributed by atoms with Gasteiger partial charge in [-0.3, -0.25) is 4.68 Å². The lowest BCUT2D eigenvalue weighted by atomic mass is 10.1. The van der Waals surface area contributed by atoms with Gasteiger partial charge in [0.1, 0.15) is 6.10 Å². The van der Waals surface area contributed by atoms with Crippen molar-refractivity contribution < 1.29 is 9.47 Å². The lowest BCUT2D eigenvalue weighted by Crippen LogP contribution is -2.41. The molecule has 1 fully saturated rings. The first-order chi connectivity index (χ1) is 12.8. The SMILES string of the molecule is CCn1cc(O[C@@H]2COC[C@@H]2NCc2ccc(-n3ccnc3)cc2)cn1. The molecule has 1 aromatic carbocycles. The zero-order valence-electron chi connectivity index (χ0n) is 14.8. The third-order valence-electron chi connectivity index (χ3n) is 4.56. The van der Waals surface area contributed by atoms with Crippen LogP contribution in [0.15, 0.2) is 55.4 Å². The summed E-state index contributed by atoms with van der Waals surface area (Å²) in [6, 6.07) is 8.60. The van der Waals surface area contributed by atoms with Gasteiger partial charge < -0.3 is 19.4 Å². The molecule has 0 radical (unpaired) electrons. The molecule has 1 aliphatic heterocycles. The lowest BCUT2D eigenvalue weighted by molar-refractivity contribution is 0.139. The molecule has 0 aliphatic carbocycles. The molecule has 3 heterocycles. The summed E-state index contributed by atoms with van der Waals surface area (Å²) >= 11 is 0. The highest BCUT2D eigenvalue weighted by Crippen LogP contribution is 2.17. The summed E-state index contributed by atoms with van der Waals surface area (Å²) in [5, 5.41) is 7.80. The summed E-state index contributed by atoms with van der Waals surface area (Å²) in [6.07, 6.45) is 9.18. The number of aryl methyl sites for hydroxylation is 1. The lowest BCUT2D eigenvalue weighted by Gasteiger charge is -2.19. The second-order valence-corrected chi connectivity index (χ2v) is 6.35. The maximum atomic E-state index is 6.05. The van der Waals surface area contributed by atoms with Crippen LogP contribution >= 0.6 is 0 Å². The highest BCUT2D eigenvalue weighted by atomic mass is 16.5. The normalized spacial score (nSPS) is 19.7. The van der Waals surface area contributed by atoms with Gasteiger partial charge in [-0.1, -0.05) is 12.1 Å². The van der Waals surface area contributed by atoms with Gasteiger partial charge in [0, 0.05) is 31.2 Å². The molecule has 0 bridgehead atoms. The van der Waals surface area contributed by atoms with E-state index in [2.05, 4.69) is 46.6 Å². The molecule has 1 saturated heterocycles. The van der Waals surface area contributed by atoms with E-state index in [-0.39, 0.29) is 12.1 Å². The first-order valence-electron chi connectivity index (χ1n) is 8.89. The summed E-state index contributed by atoms with van der Waals surface area (Å²) in [5.74, 6) is 0.791. The van der Waals surface area contributed by atoms with Crippen molar-refractivity contribution in [3.63, 3.8) is 0 Å². The van der Waals surface area contributed by atoms with Gasteiger partial charge in [-0.25, -0.2) is 4.98 Å². The van der Waals surface area contributed by atoms with Crippen LogP contribution in [0.2, 0.25) is 0 Å². The molecule has 2 atom stereocenters. The Bertz CT molecular complexity index is 813. The van der Waals surface area contributed by atoms with Crippen LogP contribution in [0.3, 0.4) is 0 Å². The van der Waals surface area contributed by atoms with Crippen LogP contribution in [-0.2, 0) is 17.8 Å². The summed E-state index contributed by atoms with van der Waals surface area (Å²) in [7, 11) is 0. The molecular weight excluding hydrogens is 330 g/mol. The van der Waals surface area contributed by atoms with Crippen molar-refractivity contribution in [2.24, 2.45) is 0 Å². The number of nitrogens with zero attached hydrogens (tertiary/aromatic N) is 4. The first-order valence-corrected chi connectivity index (χ1v) is 8.89. The Morgan fingerprint density at radius 3 is 2.88 bits per heavy atom. The molecule has 0 unspecified atom stereocenters. The highest BCUT2D eigenvalue weighted by Gasteiger charge is 2.30. The van der Waals surface area contributed by atoms with E-state index >= 15 is 0 Å². The summed E-state index contributed by atoms with van der Waals surface area (Å²) in [6.45, 7) is 4.90. The minimum Gasteiger partial charge on any atom is -0.483 e. The average Bonchev–Trinajstić information content (AvgIpc) is 3.43. The van der Waals surface area contributed by atoms with Crippen LogP contribution in [0.1, 0.15) is 12.5 Å². The van der Waals surface area contributed by atoms with Gasteiger partial charge >= 0.3 is 0 Å². The zero-order chi connectivity index (χ0) is 17.8. The molecular formula is C19H23N5O2. The zero-order valence-corrected chi connectivity index (χ0v) is 14.8. The molecule has 1 aliphatic rings. The molecule has 7 nitrogen and oxygen atoms in total. The van der Waals surface area contributed by atoms with E-state index in [1.165, 1.54) is 5.56 Å². The van der Waals surface area contributed by atoms with Gasteiger partial charge in [-0.2, -0.15) is 5.10 Å². The number of ether oxygens (including phenoxy) is 2. The minimum atomic E-state index is -0.00488. The Kier molecular flexibility index (Phi) is 4.99. The van der Waals surface area contributed by atoms with Gasteiger partial charge in [-0.15, -0.1) is 0 Å². The largest absolute Gasteiger partial charge is 0.483 e. The van der Waals surface area contributed by atoms with E-state index in [0.717, 1.165) is 24.5 Å². The second-order valence-electron chi connectivity index (χ2n) is 6.35. The molecule has 4 rings (SSSR count). The minimum absolute atomic E-state index is 0.00488. The maximum absolute atomic E-state index is 6.05. The Morgan fingerprint density at radius 1 is 1.27 bits per heavy atom. The van der Waals surface area contributed by atoms with Gasteiger partial charge in [0.25, 0.3) is 0 Å². The number of hydrogen-bond acceptors (Lipinski definition) is 5. The third kappa shape index (κ3) is 3.79. The number of nitrogens with one attached hydrogen (secondary N) is 1. The van der Waals surface area contributed by atoms with Crippen LogP contribution < -0.4 is 10.1 Å². The van der Waals surface area contributed by atoms with Crippen molar-refractivity contribution in [2.45, 2.75) is 32.2 Å². The van der Waals surface area contributed by atoms with Crippen molar-refractivity contribution in [3.8, 4) is 11.4 Å². The maximum Gasteiger partial charge on any atom is 0.157 e. The van der Waals surface area contributed by atoms with E-state index in [1.807, 2.05) is 21.6 Å². The summed E-state index contributed by atoms with van der Waals surface area (Å²) < 4.78 is 15.5. The Morgan fingerprint density at radius 2 is 2.15 bits per heavy atom. The van der Waals surface area contributed by atoms with E-state index < -0.39 is 0 Å². The number of aromatic nitrogens is 4. The number of rotatable bonds is 7. The molecule has 136 valence electrons. The molecule has 3 aromatic rings. The fraction of sp³-hybridized carbons (Fsp3) is 0.368. The quantitative estimate of drug-likeness (QED) is 0.704. The highest BCUT2D eigenvalue weighted by molar-refractivity contribution is 5.34. The van der Waals surface area contributed by atoms with Gasteiger partial charge in [0.2, 0.25) is 0 Å². The van der Waals surface area contributed by atoms with Gasteiger partial charge in [0.15, 0.2) is 5.75 Å². The van der Waals surface area contributed by atoms with Gasteiger partial charge in [-0.05, 0) is 24.6 Å². The van der Waals surface area contributed by atoms with E-state index in [1.54, 1.807) is 18.7 Å². The second kappa shape index (κ2) is 7.72. The van der Waals surface area contributed by atoms with Crippen LogP contribution in [0, 0.1) is 0 Å². The number of hydrogen-bond donors (Lipinski definition) is 1. The van der Waals surface area contributed by atoms with Crippen molar-refractivity contribution in [1.29, 1.82) is 0 Å². The Balaban J connectivity index is 1.33. The molecule has 0 saturated carbocycles. The average molecular weight is 353 g/mol. The van der Waals surface area contributed by atoms with E-state index in [4.69, 9.17) is 9.47 Å². The van der Waals surface area contributed by atoms with Crippen LogP contribution in [0.25, 0.3) is 5.69 Å². The Hall–Kier alpha value is -2.64. The summed E-state index contributed by atoms with van der Waals surface area (Å²) in [4.78, 5) is 4.08. The monoisotopic (exact) mass is 353 g/mol. The van der Waals surface area contributed by atoms with Crippen molar-refractivity contribution in [1.82, 2.24) is 24.6 Å². The van der Waals surface area contributed by atoms with Crippen molar-refractivity contribution in [3.05, 3.63) is 60.9 Å². The molecule has 7 heteroatoms. The molecule has 26 heavy (non-hydrogen) atoms. The van der Waals surface area contributed by atoms with Crippen molar-refractivity contribution in [2.75, 3.05) is 13.2 Å². The van der Waals surface area contributed by atoms with Crippen LogP contribution in [-0.4, -0.2) is 44.7 Å². The Labute approximate surface area is 152 Å². The van der Waals surface area contributed by atoms with E-state index in [0.29, 0.717) is 13.2 Å². The predicted molar refractivity (Wildman–Crippen MR) is 97.3 cm³/mol. The molecule has 0 amide bonds. The number of benzene rings is 1. The summed E-state index contributed by atoms with van der Waals surface area (Å²) in [5.41, 5.74) is 2.32. The van der Waals surface area contributed by atoms with E-state index in [9.17, 15) is 0 Å². The van der Waals surface area contributed by atoms with Gasteiger partial charge in [0.05, 0.1) is 38.0 Å². The standard InChI is InChI=1S/C19H23N5O2/c1-2-24-11-17(10-22-24)26-19-13-25-12-18(19)21-9-15-3-5-16(6-4-15)23-8-7-20-14-23/h3-8,10-11,14,18-19,21H,2,9,12-13H2,1H3/t18-,19+/m0/s1. The molecule has 2 aromatic heterocycles. The van der Waals surface area contributed by atoms with Crippen LogP contribution in [0.5, 0.6) is 5.75 Å². The fourth-order valence-corrected chi connectivity index (χ4v) is 3.04. The first kappa shape index (κ1) is 16.8. The molecule has 1 N–H and O–H groups in total. The predicted octanol–water partition coefficient (Wildman–Crippen LogP) is 2.02. The van der Waals surface area contributed by atoms with Crippen LogP contribution in [0.4, 0.5) is 0 Å². The molecule has 0 spiro atoms. The fourth-order valence-electron chi connectivity index (χ4n) is 3.04. The topological polar surface area (TPSA) is 66.1 Å². The third-order valence-corrected chi connectivity index (χ3v) is 4.56. The smallest absolute Gasteiger partial charge is 0.157 e. The van der Waals surface area contributed by atoms with Crippen molar-refractivity contribution >= 4 is 0 Å². The number of imidazole rings is 1.